The molecule has 1 amide bonds. The van der Waals surface area contributed by atoms with Gasteiger partial charge in [-0.3, -0.25) is 4.79 Å². The fraction of sp³-hybridized carbons (Fsp3) is 0.625. The molecule has 1 atom stereocenters. The lowest BCUT2D eigenvalue weighted by molar-refractivity contribution is -0.130. The lowest BCUT2D eigenvalue weighted by Gasteiger charge is -2.22. The van der Waals surface area contributed by atoms with Crippen molar-refractivity contribution in [3.63, 3.8) is 0 Å². The van der Waals surface area contributed by atoms with Crippen LogP contribution in [0.3, 0.4) is 0 Å². The van der Waals surface area contributed by atoms with Crippen molar-refractivity contribution >= 4 is 18.5 Å². The van der Waals surface area contributed by atoms with E-state index in [4.69, 9.17) is 0 Å². The van der Waals surface area contributed by atoms with Crippen LogP contribution in [0.4, 0.5) is 0 Å². The van der Waals surface area contributed by atoms with Crippen LogP contribution in [0, 0.1) is 0 Å². The Hall–Kier alpha value is -0.440. The van der Waals surface area contributed by atoms with Crippen molar-refractivity contribution in [2.45, 2.75) is 19.4 Å². The second-order valence-corrected chi connectivity index (χ2v) is 2.94. The first-order chi connectivity index (χ1) is 5.29. The number of carbonyl (C=O) groups excluding carboxylic acids is 1. The molecule has 0 saturated carbocycles. The Kier molecular flexibility index (Phi) is 3.00. The summed E-state index contributed by atoms with van der Waals surface area (Å²) in [6.45, 7) is 2.65. The Morgan fingerprint density at radius 2 is 2.55 bits per heavy atom. The molecule has 0 aromatic carbocycles. The van der Waals surface area contributed by atoms with Gasteiger partial charge in [0.05, 0.1) is 6.04 Å². The molecule has 1 aliphatic rings. The van der Waals surface area contributed by atoms with Gasteiger partial charge in [0.2, 0.25) is 5.91 Å². The average Bonchev–Trinajstić information content (AvgIpc) is 2.50. The number of carbonyl (C=O) groups is 1. The minimum atomic E-state index is 0.217. The van der Waals surface area contributed by atoms with Gasteiger partial charge in [-0.2, -0.15) is 12.6 Å². The molecule has 0 N–H and O–H groups in total. The van der Waals surface area contributed by atoms with Crippen LogP contribution in [0.25, 0.3) is 0 Å². The predicted octanol–water partition coefficient (Wildman–Crippen LogP) is 1.09. The second-order valence-electron chi connectivity index (χ2n) is 2.58. The molecule has 1 heterocycles. The van der Waals surface area contributed by atoms with Gasteiger partial charge in [-0.05, 0) is 0 Å². The molecule has 0 spiro atoms. The molecule has 1 aliphatic heterocycles. The summed E-state index contributed by atoms with van der Waals surface area (Å²) in [7, 11) is 0. The van der Waals surface area contributed by atoms with Gasteiger partial charge in [-0.15, -0.1) is 0 Å². The number of rotatable bonds is 2. The molecular weight excluding hydrogens is 158 g/mol. The molecule has 0 radical (unpaired) electrons. The van der Waals surface area contributed by atoms with E-state index in [1.54, 1.807) is 0 Å². The third-order valence-corrected chi connectivity index (χ3v) is 2.24. The van der Waals surface area contributed by atoms with Crippen LogP contribution in [0.2, 0.25) is 0 Å². The third kappa shape index (κ3) is 1.77. The normalized spacial score (nSPS) is 22.7. The summed E-state index contributed by atoms with van der Waals surface area (Å²) in [6, 6.07) is 0.228. The summed E-state index contributed by atoms with van der Waals surface area (Å²) in [6.07, 6.45) is 4.65. The summed E-state index contributed by atoms with van der Waals surface area (Å²) in [5.74, 6) is 0.941. The molecular formula is C8H13NOS. The predicted molar refractivity (Wildman–Crippen MR) is 48.8 cm³/mol. The van der Waals surface area contributed by atoms with Crippen molar-refractivity contribution < 1.29 is 4.79 Å². The van der Waals surface area contributed by atoms with E-state index in [0.717, 1.165) is 12.3 Å². The molecule has 0 fully saturated rings. The number of nitrogens with zero attached hydrogens (tertiary/aromatic N) is 1. The highest BCUT2D eigenvalue weighted by atomic mass is 32.1. The third-order valence-electron chi connectivity index (χ3n) is 1.87. The Bertz CT molecular complexity index is 179. The van der Waals surface area contributed by atoms with Gasteiger partial charge >= 0.3 is 0 Å². The molecule has 0 aliphatic carbocycles. The number of thiol groups is 1. The van der Waals surface area contributed by atoms with Gasteiger partial charge in [0.25, 0.3) is 0 Å². The van der Waals surface area contributed by atoms with Gasteiger partial charge in [0.1, 0.15) is 0 Å². The summed E-state index contributed by atoms with van der Waals surface area (Å²) >= 11 is 4.16. The van der Waals surface area contributed by atoms with E-state index >= 15 is 0 Å². The van der Waals surface area contributed by atoms with E-state index in [1.165, 1.54) is 0 Å². The zero-order valence-electron chi connectivity index (χ0n) is 6.66. The molecule has 2 nitrogen and oxygen atoms in total. The van der Waals surface area contributed by atoms with E-state index in [-0.39, 0.29) is 11.9 Å². The van der Waals surface area contributed by atoms with Crippen molar-refractivity contribution in [2.75, 3.05) is 12.3 Å². The van der Waals surface area contributed by atoms with E-state index in [2.05, 4.69) is 12.6 Å². The zero-order chi connectivity index (χ0) is 8.27. The topological polar surface area (TPSA) is 20.3 Å². The minimum Gasteiger partial charge on any atom is -0.332 e. The molecule has 0 aromatic rings. The number of hydrogen-bond donors (Lipinski definition) is 1. The molecule has 1 unspecified atom stereocenters. The van der Waals surface area contributed by atoms with Crippen molar-refractivity contribution in [3.05, 3.63) is 12.2 Å². The van der Waals surface area contributed by atoms with Crippen molar-refractivity contribution in [2.24, 2.45) is 0 Å². The number of hydrogen-bond acceptors (Lipinski definition) is 2. The van der Waals surface area contributed by atoms with Gasteiger partial charge in [-0.1, -0.05) is 19.1 Å². The quantitative estimate of drug-likeness (QED) is 0.487. The van der Waals surface area contributed by atoms with Crippen LogP contribution in [-0.4, -0.2) is 29.1 Å². The highest BCUT2D eigenvalue weighted by Crippen LogP contribution is 2.11. The lowest BCUT2D eigenvalue weighted by atomic mass is 10.3. The average molecular weight is 171 g/mol. The fourth-order valence-corrected chi connectivity index (χ4v) is 1.54. The largest absolute Gasteiger partial charge is 0.332 e. The fourth-order valence-electron chi connectivity index (χ4n) is 1.22. The van der Waals surface area contributed by atoms with Crippen LogP contribution < -0.4 is 0 Å². The van der Waals surface area contributed by atoms with Crippen LogP contribution in [-0.2, 0) is 4.79 Å². The Morgan fingerprint density at radius 1 is 1.82 bits per heavy atom. The molecule has 0 bridgehead atoms. The molecule has 0 saturated heterocycles. The first-order valence-corrected chi connectivity index (χ1v) is 4.49. The van der Waals surface area contributed by atoms with Crippen molar-refractivity contribution in [1.29, 1.82) is 0 Å². The highest BCUT2D eigenvalue weighted by Gasteiger charge is 2.21. The lowest BCUT2D eigenvalue weighted by Crippen LogP contribution is -2.36. The van der Waals surface area contributed by atoms with Gasteiger partial charge in [-0.25, -0.2) is 0 Å². The SMILES string of the molecule is CCC(=O)N1CC=CC1CS. The smallest absolute Gasteiger partial charge is 0.223 e. The maximum atomic E-state index is 11.2. The minimum absolute atomic E-state index is 0.217. The molecule has 3 heteroatoms. The van der Waals surface area contributed by atoms with E-state index in [1.807, 2.05) is 24.0 Å². The molecule has 0 aromatic heterocycles. The monoisotopic (exact) mass is 171 g/mol. The van der Waals surface area contributed by atoms with Gasteiger partial charge in [0, 0.05) is 18.7 Å². The number of amides is 1. The Morgan fingerprint density at radius 3 is 3.09 bits per heavy atom. The van der Waals surface area contributed by atoms with Crippen molar-refractivity contribution in [3.8, 4) is 0 Å². The van der Waals surface area contributed by atoms with E-state index in [0.29, 0.717) is 6.42 Å². The Balaban J connectivity index is 2.53. The van der Waals surface area contributed by atoms with E-state index < -0.39 is 0 Å². The maximum absolute atomic E-state index is 11.2. The first kappa shape index (κ1) is 8.65. The summed E-state index contributed by atoms with van der Waals surface area (Å²) in [5, 5.41) is 0. The van der Waals surface area contributed by atoms with Crippen LogP contribution in [0.15, 0.2) is 12.2 Å². The van der Waals surface area contributed by atoms with Crippen LogP contribution in [0.5, 0.6) is 0 Å². The summed E-state index contributed by atoms with van der Waals surface area (Å²) in [4.78, 5) is 13.1. The molecule has 11 heavy (non-hydrogen) atoms. The molecule has 62 valence electrons. The summed E-state index contributed by atoms with van der Waals surface area (Å²) < 4.78 is 0. The van der Waals surface area contributed by atoms with Crippen LogP contribution in [0.1, 0.15) is 13.3 Å². The van der Waals surface area contributed by atoms with Crippen LogP contribution >= 0.6 is 12.6 Å². The van der Waals surface area contributed by atoms with Gasteiger partial charge in [0.15, 0.2) is 0 Å². The highest BCUT2D eigenvalue weighted by molar-refractivity contribution is 7.80. The standard InChI is InChI=1S/C8H13NOS/c1-2-8(10)9-5-3-4-7(9)6-11/h3-4,7,11H,2,5-6H2,1H3. The van der Waals surface area contributed by atoms with Crippen molar-refractivity contribution in [1.82, 2.24) is 4.90 Å². The first-order valence-electron chi connectivity index (χ1n) is 3.86. The van der Waals surface area contributed by atoms with E-state index in [9.17, 15) is 4.79 Å². The second kappa shape index (κ2) is 3.81. The Labute approximate surface area is 72.7 Å². The summed E-state index contributed by atoms with van der Waals surface area (Å²) in [5.41, 5.74) is 0. The maximum Gasteiger partial charge on any atom is 0.223 e. The molecule has 1 rings (SSSR count). The van der Waals surface area contributed by atoms with Gasteiger partial charge < -0.3 is 4.90 Å². The zero-order valence-corrected chi connectivity index (χ0v) is 7.55.